The molecule has 0 aromatic heterocycles. The van der Waals surface area contributed by atoms with E-state index < -0.39 is 24.2 Å². The van der Waals surface area contributed by atoms with Gasteiger partial charge in [0.15, 0.2) is 0 Å². The number of nitrogens with one attached hydrogen (secondary N) is 1. The maximum atomic E-state index is 12.4. The Morgan fingerprint density at radius 2 is 1.02 bits per heavy atom. The van der Waals surface area contributed by atoms with E-state index in [1.807, 2.05) is 6.08 Å². The molecule has 0 aromatic carbocycles. The molecule has 0 saturated heterocycles. The Morgan fingerprint density at radius 3 is 1.51 bits per heavy atom. The van der Waals surface area contributed by atoms with Crippen LogP contribution in [0.15, 0.2) is 24.3 Å². The Morgan fingerprint density at radius 1 is 0.585 bits per heavy atom. The second kappa shape index (κ2) is 31.8. The van der Waals surface area contributed by atoms with Gasteiger partial charge in [0.25, 0.3) is 0 Å². The average Bonchev–Trinajstić information content (AvgIpc) is 2.98. The topological polar surface area (TPSA) is 89.8 Å². The maximum absolute atomic E-state index is 12.4. The molecule has 1 unspecified atom stereocenters. The Balaban J connectivity index is 3.77. The van der Waals surface area contributed by atoms with E-state index in [0.29, 0.717) is 6.42 Å². The molecule has 0 radical (unpaired) electrons. The van der Waals surface area contributed by atoms with Crippen molar-refractivity contribution in [1.82, 2.24) is 5.32 Å². The standard InChI is InChI=1S/C36H69NO4/c1-3-5-7-9-11-13-15-17-19-21-23-25-27-29-31-35(40)36(41)37-33(32-38)34(39)30-28-26-24-22-20-18-16-14-12-10-8-6-4-2/h8,10,28,30,33-35,38-40H,3-7,9,11-27,29,31-32H2,1-2H3,(H,37,41)/b10-8-,30-28+/t33-,34+,35?/m0/s1. The van der Waals surface area contributed by atoms with Crippen LogP contribution in [0.3, 0.4) is 0 Å². The molecule has 0 rings (SSSR count). The van der Waals surface area contributed by atoms with E-state index in [-0.39, 0.29) is 6.61 Å². The summed E-state index contributed by atoms with van der Waals surface area (Å²) >= 11 is 0. The lowest BCUT2D eigenvalue weighted by Gasteiger charge is -2.21. The first-order chi connectivity index (χ1) is 20.1. The van der Waals surface area contributed by atoms with E-state index in [1.165, 1.54) is 122 Å². The smallest absolute Gasteiger partial charge is 0.249 e. The number of carbonyl (C=O) groups is 1. The van der Waals surface area contributed by atoms with Crippen LogP contribution in [-0.2, 0) is 4.79 Å². The van der Waals surface area contributed by atoms with Crippen molar-refractivity contribution in [2.24, 2.45) is 0 Å². The molecule has 0 spiro atoms. The number of rotatable bonds is 31. The summed E-state index contributed by atoms with van der Waals surface area (Å²) in [5, 5.41) is 32.9. The molecule has 0 bridgehead atoms. The van der Waals surface area contributed by atoms with Gasteiger partial charge in [-0.15, -0.1) is 0 Å². The molecule has 0 aliphatic carbocycles. The molecule has 242 valence electrons. The number of aliphatic hydroxyl groups is 3. The minimum absolute atomic E-state index is 0.365. The molecule has 0 aromatic rings. The van der Waals surface area contributed by atoms with Crippen molar-refractivity contribution >= 4 is 5.91 Å². The predicted molar refractivity (Wildman–Crippen MR) is 176 cm³/mol. The largest absolute Gasteiger partial charge is 0.394 e. The summed E-state index contributed by atoms with van der Waals surface area (Å²) in [4.78, 5) is 12.4. The first kappa shape index (κ1) is 39.8. The molecule has 5 heteroatoms. The summed E-state index contributed by atoms with van der Waals surface area (Å²) in [5.74, 6) is -0.507. The van der Waals surface area contributed by atoms with Crippen molar-refractivity contribution < 1.29 is 20.1 Å². The van der Waals surface area contributed by atoms with Crippen LogP contribution in [0.5, 0.6) is 0 Å². The lowest BCUT2D eigenvalue weighted by Crippen LogP contribution is -2.48. The number of allylic oxidation sites excluding steroid dienone is 3. The molecule has 1 amide bonds. The van der Waals surface area contributed by atoms with Gasteiger partial charge >= 0.3 is 0 Å². The Labute approximate surface area is 254 Å². The van der Waals surface area contributed by atoms with Crippen LogP contribution in [-0.4, -0.2) is 46.1 Å². The van der Waals surface area contributed by atoms with Crippen LogP contribution in [0.4, 0.5) is 0 Å². The zero-order valence-corrected chi connectivity index (χ0v) is 27.2. The number of amides is 1. The SMILES string of the molecule is CCC/C=C\CCCCCCCC/C=C/[C@@H](O)[C@H](CO)NC(=O)C(O)CCCCCCCCCCCCCCCC. The monoisotopic (exact) mass is 580 g/mol. The van der Waals surface area contributed by atoms with E-state index in [4.69, 9.17) is 0 Å². The summed E-state index contributed by atoms with van der Waals surface area (Å²) < 4.78 is 0. The van der Waals surface area contributed by atoms with Gasteiger partial charge in [-0.3, -0.25) is 4.79 Å². The number of hydrogen-bond donors (Lipinski definition) is 4. The van der Waals surface area contributed by atoms with Gasteiger partial charge in [-0.2, -0.15) is 0 Å². The van der Waals surface area contributed by atoms with Crippen molar-refractivity contribution in [3.05, 3.63) is 24.3 Å². The fourth-order valence-corrected chi connectivity index (χ4v) is 5.18. The van der Waals surface area contributed by atoms with E-state index in [9.17, 15) is 20.1 Å². The fourth-order valence-electron chi connectivity index (χ4n) is 5.18. The summed E-state index contributed by atoms with van der Waals surface area (Å²) in [6.45, 7) is 4.10. The van der Waals surface area contributed by atoms with Crippen LogP contribution in [0, 0.1) is 0 Å². The second-order valence-electron chi connectivity index (χ2n) is 12.1. The van der Waals surface area contributed by atoms with Crippen molar-refractivity contribution in [2.45, 2.75) is 193 Å². The van der Waals surface area contributed by atoms with Crippen molar-refractivity contribution in [3.63, 3.8) is 0 Å². The normalized spacial score (nSPS) is 14.2. The number of aliphatic hydroxyl groups excluding tert-OH is 3. The number of hydrogen-bond acceptors (Lipinski definition) is 4. The molecule has 0 saturated carbocycles. The molecule has 0 aliphatic heterocycles. The third-order valence-corrected chi connectivity index (χ3v) is 8.02. The highest BCUT2D eigenvalue weighted by atomic mass is 16.3. The summed E-state index contributed by atoms with van der Waals surface area (Å²) in [7, 11) is 0. The molecule has 41 heavy (non-hydrogen) atoms. The molecular weight excluding hydrogens is 510 g/mol. The lowest BCUT2D eigenvalue weighted by molar-refractivity contribution is -0.131. The van der Waals surface area contributed by atoms with Gasteiger partial charge in [0.2, 0.25) is 5.91 Å². The fraction of sp³-hybridized carbons (Fsp3) is 0.861. The molecule has 4 N–H and O–H groups in total. The van der Waals surface area contributed by atoms with Crippen LogP contribution in [0.1, 0.15) is 174 Å². The van der Waals surface area contributed by atoms with Crippen molar-refractivity contribution in [1.29, 1.82) is 0 Å². The minimum Gasteiger partial charge on any atom is -0.394 e. The number of carbonyl (C=O) groups excluding carboxylic acids is 1. The quantitative estimate of drug-likeness (QED) is 0.0487. The van der Waals surface area contributed by atoms with Crippen LogP contribution >= 0.6 is 0 Å². The first-order valence-electron chi connectivity index (χ1n) is 17.7. The zero-order valence-electron chi connectivity index (χ0n) is 27.2. The lowest BCUT2D eigenvalue weighted by atomic mass is 10.0. The first-order valence-corrected chi connectivity index (χ1v) is 17.7. The van der Waals surface area contributed by atoms with Gasteiger partial charge in [-0.25, -0.2) is 0 Å². The van der Waals surface area contributed by atoms with Crippen LogP contribution in [0.2, 0.25) is 0 Å². The average molecular weight is 580 g/mol. The highest BCUT2D eigenvalue weighted by molar-refractivity contribution is 5.80. The summed E-state index contributed by atoms with van der Waals surface area (Å²) in [6.07, 6.45) is 36.1. The van der Waals surface area contributed by atoms with Gasteiger partial charge in [0, 0.05) is 0 Å². The van der Waals surface area contributed by atoms with E-state index in [0.717, 1.165) is 32.1 Å². The van der Waals surface area contributed by atoms with Crippen molar-refractivity contribution in [3.8, 4) is 0 Å². The van der Waals surface area contributed by atoms with Gasteiger partial charge in [0.05, 0.1) is 18.8 Å². The van der Waals surface area contributed by atoms with E-state index in [1.54, 1.807) is 6.08 Å². The third kappa shape index (κ3) is 27.4. The molecule has 5 nitrogen and oxygen atoms in total. The highest BCUT2D eigenvalue weighted by Crippen LogP contribution is 2.14. The Hall–Kier alpha value is -1.17. The maximum Gasteiger partial charge on any atom is 0.249 e. The van der Waals surface area contributed by atoms with Crippen molar-refractivity contribution in [2.75, 3.05) is 6.61 Å². The molecule has 0 aliphatic rings. The Bertz CT molecular complexity index is 606. The highest BCUT2D eigenvalue weighted by Gasteiger charge is 2.22. The van der Waals surface area contributed by atoms with Crippen LogP contribution in [0.25, 0.3) is 0 Å². The van der Waals surface area contributed by atoms with E-state index >= 15 is 0 Å². The van der Waals surface area contributed by atoms with Gasteiger partial charge < -0.3 is 20.6 Å². The van der Waals surface area contributed by atoms with Gasteiger partial charge in [0.1, 0.15) is 6.10 Å². The van der Waals surface area contributed by atoms with Gasteiger partial charge in [-0.05, 0) is 38.5 Å². The zero-order chi connectivity index (χ0) is 30.2. The summed E-state index contributed by atoms with van der Waals surface area (Å²) in [5.41, 5.74) is 0. The molecular formula is C36H69NO4. The third-order valence-electron chi connectivity index (χ3n) is 8.02. The second-order valence-corrected chi connectivity index (χ2v) is 12.1. The minimum atomic E-state index is -1.09. The molecule has 0 fully saturated rings. The van der Waals surface area contributed by atoms with Gasteiger partial charge in [-0.1, -0.05) is 160 Å². The molecule has 0 heterocycles. The Kier molecular flexibility index (Phi) is 30.9. The predicted octanol–water partition coefficient (Wildman–Crippen LogP) is 9.09. The summed E-state index contributed by atoms with van der Waals surface area (Å²) in [6, 6.07) is -0.795. The van der Waals surface area contributed by atoms with Crippen LogP contribution < -0.4 is 5.32 Å². The molecule has 3 atom stereocenters. The number of unbranched alkanes of at least 4 members (excludes halogenated alkanes) is 21. The van der Waals surface area contributed by atoms with E-state index in [2.05, 4.69) is 31.3 Å².